The number of carbonyl (C=O) groups excluding carboxylic acids is 2. The summed E-state index contributed by atoms with van der Waals surface area (Å²) in [7, 11) is 0. The minimum absolute atomic E-state index is 0.0349. The Morgan fingerprint density at radius 2 is 1.63 bits per heavy atom. The Kier molecular flexibility index (Phi) is 5.52. The van der Waals surface area contributed by atoms with Crippen LogP contribution in [0.1, 0.15) is 86.0 Å². The highest BCUT2D eigenvalue weighted by molar-refractivity contribution is 5.66. The zero-order chi connectivity index (χ0) is 21.9. The van der Waals surface area contributed by atoms with E-state index in [4.69, 9.17) is 9.47 Å². The Morgan fingerprint density at radius 3 is 2.30 bits per heavy atom. The Morgan fingerprint density at radius 1 is 0.900 bits per heavy atom. The Bertz CT molecular complexity index is 702. The molecule has 0 amide bonds. The van der Waals surface area contributed by atoms with Crippen molar-refractivity contribution in [3.63, 3.8) is 0 Å². The fraction of sp³-hybridized carbons (Fsp3) is 0.920. The summed E-state index contributed by atoms with van der Waals surface area (Å²) in [6, 6.07) is 0. The third kappa shape index (κ3) is 3.22. The van der Waals surface area contributed by atoms with Gasteiger partial charge in [0.1, 0.15) is 6.10 Å². The van der Waals surface area contributed by atoms with Crippen LogP contribution < -0.4 is 0 Å². The van der Waals surface area contributed by atoms with Gasteiger partial charge in [-0.1, -0.05) is 20.8 Å². The van der Waals surface area contributed by atoms with Crippen molar-refractivity contribution in [3.05, 3.63) is 0 Å². The van der Waals surface area contributed by atoms with Gasteiger partial charge >= 0.3 is 11.9 Å². The first-order valence-electron chi connectivity index (χ1n) is 12.0. The number of aliphatic hydroxyl groups is 1. The van der Waals surface area contributed by atoms with Crippen molar-refractivity contribution in [1.29, 1.82) is 0 Å². The third-order valence-corrected chi connectivity index (χ3v) is 10.1. The molecule has 0 bridgehead atoms. The Labute approximate surface area is 181 Å². The van der Waals surface area contributed by atoms with Crippen LogP contribution in [0.5, 0.6) is 0 Å². The van der Waals surface area contributed by atoms with Gasteiger partial charge in [0.05, 0.1) is 12.7 Å². The van der Waals surface area contributed by atoms with E-state index in [9.17, 15) is 14.7 Å². The molecule has 5 nitrogen and oxygen atoms in total. The van der Waals surface area contributed by atoms with Gasteiger partial charge in [-0.25, -0.2) is 0 Å². The molecule has 170 valence electrons. The number of ether oxygens (including phenoxy) is 2. The van der Waals surface area contributed by atoms with Gasteiger partial charge in [0.15, 0.2) is 0 Å². The first kappa shape index (κ1) is 22.1. The fourth-order valence-electron chi connectivity index (χ4n) is 8.65. The maximum absolute atomic E-state index is 11.8. The van der Waals surface area contributed by atoms with Crippen molar-refractivity contribution in [2.75, 3.05) is 6.61 Å². The molecule has 0 heterocycles. The molecule has 0 radical (unpaired) electrons. The molecule has 5 heteroatoms. The molecule has 8 atom stereocenters. The maximum atomic E-state index is 11.8. The minimum Gasteiger partial charge on any atom is -0.465 e. The number of hydrogen-bond donors (Lipinski definition) is 1. The van der Waals surface area contributed by atoms with Crippen molar-refractivity contribution < 1.29 is 24.2 Å². The molecule has 4 rings (SSSR count). The molecule has 0 saturated heterocycles. The lowest BCUT2D eigenvalue weighted by molar-refractivity contribution is -0.210. The Balaban J connectivity index is 1.67. The SMILES string of the molecule is CC(=O)OCC12CCC(O)C(C)(C)C1CCC1C3CCC(OC(C)=O)C3(C)CCC12. The van der Waals surface area contributed by atoms with Gasteiger partial charge in [-0.15, -0.1) is 0 Å². The molecule has 8 unspecified atom stereocenters. The summed E-state index contributed by atoms with van der Waals surface area (Å²) in [5, 5.41) is 10.8. The van der Waals surface area contributed by atoms with E-state index in [1.54, 1.807) is 0 Å². The number of aliphatic hydroxyl groups excluding tert-OH is 1. The fourth-order valence-corrected chi connectivity index (χ4v) is 8.65. The van der Waals surface area contributed by atoms with Crippen LogP contribution >= 0.6 is 0 Å². The molecule has 30 heavy (non-hydrogen) atoms. The largest absolute Gasteiger partial charge is 0.465 e. The molecule has 4 aliphatic carbocycles. The molecule has 0 aromatic carbocycles. The van der Waals surface area contributed by atoms with Crippen molar-refractivity contribution in [1.82, 2.24) is 0 Å². The van der Waals surface area contributed by atoms with Crippen molar-refractivity contribution in [2.24, 2.45) is 39.9 Å². The topological polar surface area (TPSA) is 72.8 Å². The first-order chi connectivity index (χ1) is 14.0. The van der Waals surface area contributed by atoms with E-state index in [1.165, 1.54) is 20.3 Å². The van der Waals surface area contributed by atoms with E-state index in [0.29, 0.717) is 30.3 Å². The second kappa shape index (κ2) is 7.50. The summed E-state index contributed by atoms with van der Waals surface area (Å²) in [6.07, 6.45) is 7.96. The second-order valence-corrected chi connectivity index (χ2v) is 11.6. The lowest BCUT2D eigenvalue weighted by Gasteiger charge is -2.65. The van der Waals surface area contributed by atoms with Gasteiger partial charge in [0.2, 0.25) is 0 Å². The predicted molar refractivity (Wildman–Crippen MR) is 113 cm³/mol. The van der Waals surface area contributed by atoms with Crippen molar-refractivity contribution >= 4 is 11.9 Å². The van der Waals surface area contributed by atoms with Crippen molar-refractivity contribution in [2.45, 2.75) is 98.2 Å². The lowest BCUT2D eigenvalue weighted by atomic mass is 9.41. The molecule has 1 N–H and O–H groups in total. The summed E-state index contributed by atoms with van der Waals surface area (Å²) >= 11 is 0. The van der Waals surface area contributed by atoms with E-state index < -0.39 is 0 Å². The van der Waals surface area contributed by atoms with Crippen LogP contribution in [0.3, 0.4) is 0 Å². The monoisotopic (exact) mass is 420 g/mol. The minimum atomic E-state index is -0.293. The average Bonchev–Trinajstić information content (AvgIpc) is 2.99. The van der Waals surface area contributed by atoms with Gasteiger partial charge in [-0.05, 0) is 80.5 Å². The van der Waals surface area contributed by atoms with Gasteiger partial charge in [-0.2, -0.15) is 0 Å². The maximum Gasteiger partial charge on any atom is 0.302 e. The highest BCUT2D eigenvalue weighted by Crippen LogP contribution is 2.69. The summed E-state index contributed by atoms with van der Waals surface area (Å²) < 4.78 is 11.5. The molecule has 0 aliphatic heterocycles. The van der Waals surface area contributed by atoms with Crippen LogP contribution in [0.15, 0.2) is 0 Å². The third-order valence-electron chi connectivity index (χ3n) is 10.1. The molecule has 4 fully saturated rings. The highest BCUT2D eigenvalue weighted by Gasteiger charge is 2.65. The number of fused-ring (bicyclic) bond motifs is 5. The number of rotatable bonds is 3. The lowest BCUT2D eigenvalue weighted by Crippen LogP contribution is -2.62. The standard InChI is InChI=1S/C25H40O5/c1-15(26)29-14-25-13-11-21(28)23(3,4)20(25)8-6-17-18-7-9-22(30-16(2)27)24(18,5)12-10-19(17)25/h17-22,28H,6-14H2,1-5H3. The summed E-state index contributed by atoms with van der Waals surface area (Å²) in [5.41, 5.74) is -0.149. The summed E-state index contributed by atoms with van der Waals surface area (Å²) in [4.78, 5) is 23.5. The summed E-state index contributed by atoms with van der Waals surface area (Å²) in [6.45, 7) is 10.3. The van der Waals surface area contributed by atoms with Crippen LogP contribution in [0.4, 0.5) is 0 Å². The van der Waals surface area contributed by atoms with Gasteiger partial charge in [-0.3, -0.25) is 9.59 Å². The highest BCUT2D eigenvalue weighted by atomic mass is 16.5. The molecule has 4 aliphatic rings. The zero-order valence-electron chi connectivity index (χ0n) is 19.4. The molecular weight excluding hydrogens is 380 g/mol. The molecule has 0 aromatic rings. The number of esters is 2. The van der Waals surface area contributed by atoms with Crippen molar-refractivity contribution in [3.8, 4) is 0 Å². The van der Waals surface area contributed by atoms with Gasteiger partial charge < -0.3 is 14.6 Å². The van der Waals surface area contributed by atoms with E-state index in [-0.39, 0.29) is 40.4 Å². The smallest absolute Gasteiger partial charge is 0.302 e. The van der Waals surface area contributed by atoms with E-state index in [0.717, 1.165) is 44.9 Å². The average molecular weight is 421 g/mol. The number of carbonyl (C=O) groups is 2. The second-order valence-electron chi connectivity index (χ2n) is 11.6. The van der Waals surface area contributed by atoms with Crippen LogP contribution in [-0.4, -0.2) is 35.9 Å². The Hall–Kier alpha value is -1.10. The zero-order valence-corrected chi connectivity index (χ0v) is 19.4. The molecule has 4 saturated carbocycles. The molecule has 0 spiro atoms. The normalized spacial score (nSPS) is 46.9. The molecular formula is C25H40O5. The van der Waals surface area contributed by atoms with Crippen LogP contribution in [0.25, 0.3) is 0 Å². The summed E-state index contributed by atoms with van der Waals surface area (Å²) in [5.74, 6) is 1.65. The van der Waals surface area contributed by atoms with Crippen LogP contribution in [0, 0.1) is 39.9 Å². The van der Waals surface area contributed by atoms with Gasteiger partial charge in [0.25, 0.3) is 0 Å². The molecule has 0 aromatic heterocycles. The van der Waals surface area contributed by atoms with E-state index >= 15 is 0 Å². The quantitative estimate of drug-likeness (QED) is 0.681. The van der Waals surface area contributed by atoms with Crippen LogP contribution in [-0.2, 0) is 19.1 Å². The van der Waals surface area contributed by atoms with Crippen LogP contribution in [0.2, 0.25) is 0 Å². The van der Waals surface area contributed by atoms with E-state index in [2.05, 4.69) is 20.8 Å². The number of hydrogen-bond acceptors (Lipinski definition) is 5. The first-order valence-corrected chi connectivity index (χ1v) is 12.0. The van der Waals surface area contributed by atoms with E-state index in [1.807, 2.05) is 0 Å². The van der Waals surface area contributed by atoms with Gasteiger partial charge in [0, 0.05) is 24.7 Å². The predicted octanol–water partition coefficient (Wildman–Crippen LogP) is 4.50.